The van der Waals surface area contributed by atoms with E-state index in [-0.39, 0.29) is 32.5 Å². The molecule has 0 saturated heterocycles. The Bertz CT molecular complexity index is 828. The lowest BCUT2D eigenvalue weighted by Gasteiger charge is -2.23. The Labute approximate surface area is 181 Å². The molecule has 2 aromatic rings. The molecule has 2 unspecified atom stereocenters. The van der Waals surface area contributed by atoms with Crippen LogP contribution >= 0.6 is 0 Å². The van der Waals surface area contributed by atoms with Gasteiger partial charge in [-0.05, 0) is 17.5 Å². The quantitative estimate of drug-likeness (QED) is 0.479. The van der Waals surface area contributed by atoms with E-state index in [1.807, 2.05) is 60.7 Å². The van der Waals surface area contributed by atoms with Crippen molar-refractivity contribution in [3.63, 3.8) is 0 Å². The highest BCUT2D eigenvalue weighted by molar-refractivity contribution is 5.86. The van der Waals surface area contributed by atoms with Gasteiger partial charge in [-0.1, -0.05) is 60.7 Å². The summed E-state index contributed by atoms with van der Waals surface area (Å²) >= 11 is 0. The fraction of sp³-hybridized carbons (Fsp3) is 0.348. The summed E-state index contributed by atoms with van der Waals surface area (Å²) in [6.07, 6.45) is -0.352. The Balaban J connectivity index is 2.02. The van der Waals surface area contributed by atoms with Crippen molar-refractivity contribution in [1.29, 1.82) is 0 Å². The first kappa shape index (κ1) is 23.9. The highest BCUT2D eigenvalue weighted by Crippen LogP contribution is 2.07. The molecule has 2 aromatic carbocycles. The molecule has 166 valence electrons. The van der Waals surface area contributed by atoms with Crippen LogP contribution in [-0.2, 0) is 32.1 Å². The fourth-order valence-corrected chi connectivity index (χ4v) is 2.96. The smallest absolute Gasteiger partial charge is 0.408 e. The van der Waals surface area contributed by atoms with Gasteiger partial charge in [0.2, 0.25) is 5.91 Å². The van der Waals surface area contributed by atoms with E-state index in [1.165, 1.54) is 7.11 Å². The Morgan fingerprint density at radius 1 is 0.935 bits per heavy atom. The van der Waals surface area contributed by atoms with Crippen LogP contribution in [-0.4, -0.2) is 48.9 Å². The van der Waals surface area contributed by atoms with Crippen LogP contribution in [0.2, 0.25) is 0 Å². The summed E-state index contributed by atoms with van der Waals surface area (Å²) in [5, 5.41) is 14.3. The number of carbonyl (C=O) groups is 3. The number of hydrogen-bond donors (Lipinski definition) is 3. The van der Waals surface area contributed by atoms with Crippen LogP contribution in [0.15, 0.2) is 60.7 Å². The highest BCUT2D eigenvalue weighted by atomic mass is 16.5. The molecule has 0 aliphatic rings. The minimum atomic E-state index is -0.959. The number of amides is 2. The molecule has 0 spiro atoms. The molecule has 2 rings (SSSR count). The van der Waals surface area contributed by atoms with Gasteiger partial charge in [0.15, 0.2) is 0 Å². The largest absolute Gasteiger partial charge is 0.481 e. The molecule has 0 aliphatic carbocycles. The molecule has 2 amide bonds. The average molecular weight is 428 g/mol. The lowest BCUT2D eigenvalue weighted by molar-refractivity contribution is -0.137. The molecule has 0 aromatic heterocycles. The van der Waals surface area contributed by atoms with E-state index in [4.69, 9.17) is 14.6 Å². The maximum Gasteiger partial charge on any atom is 0.408 e. The van der Waals surface area contributed by atoms with Gasteiger partial charge in [0.25, 0.3) is 0 Å². The third-order valence-electron chi connectivity index (χ3n) is 4.52. The second kappa shape index (κ2) is 13.0. The van der Waals surface area contributed by atoms with Crippen LogP contribution in [0.1, 0.15) is 24.0 Å². The number of ether oxygens (including phenoxy) is 2. The van der Waals surface area contributed by atoms with Gasteiger partial charge in [-0.3, -0.25) is 9.59 Å². The second-order valence-electron chi connectivity index (χ2n) is 7.04. The van der Waals surface area contributed by atoms with E-state index < -0.39 is 30.1 Å². The molecule has 0 aliphatic heterocycles. The third-order valence-corrected chi connectivity index (χ3v) is 4.52. The zero-order valence-corrected chi connectivity index (χ0v) is 17.5. The predicted octanol–water partition coefficient (Wildman–Crippen LogP) is 2.52. The summed E-state index contributed by atoms with van der Waals surface area (Å²) in [6, 6.07) is 17.1. The first-order chi connectivity index (χ1) is 15.0. The number of methoxy groups -OCH3 is 1. The maximum absolute atomic E-state index is 12.9. The van der Waals surface area contributed by atoms with E-state index in [9.17, 15) is 14.4 Å². The number of rotatable bonds is 12. The van der Waals surface area contributed by atoms with Crippen LogP contribution in [0, 0.1) is 0 Å². The number of hydrogen-bond acceptors (Lipinski definition) is 5. The van der Waals surface area contributed by atoms with Gasteiger partial charge in [-0.15, -0.1) is 0 Å². The van der Waals surface area contributed by atoms with Gasteiger partial charge in [-0.25, -0.2) is 4.79 Å². The SMILES string of the molecule is COCC(CCC(=O)O)NC(=O)C(Cc1ccccc1)NC(=O)OCc1ccccc1. The lowest BCUT2D eigenvalue weighted by Crippen LogP contribution is -2.51. The first-order valence-electron chi connectivity index (χ1n) is 10.00. The Morgan fingerprint density at radius 2 is 1.55 bits per heavy atom. The van der Waals surface area contributed by atoms with Gasteiger partial charge in [0.05, 0.1) is 12.6 Å². The van der Waals surface area contributed by atoms with E-state index in [2.05, 4.69) is 10.6 Å². The molecule has 0 heterocycles. The number of aliphatic carboxylic acids is 1. The van der Waals surface area contributed by atoms with E-state index in [0.29, 0.717) is 0 Å². The van der Waals surface area contributed by atoms with Gasteiger partial charge >= 0.3 is 12.1 Å². The molecular formula is C23H28N2O6. The summed E-state index contributed by atoms with van der Waals surface area (Å²) in [5.41, 5.74) is 1.69. The topological polar surface area (TPSA) is 114 Å². The van der Waals surface area contributed by atoms with E-state index >= 15 is 0 Å². The first-order valence-corrected chi connectivity index (χ1v) is 10.00. The van der Waals surface area contributed by atoms with Crippen LogP contribution in [0.3, 0.4) is 0 Å². The van der Waals surface area contributed by atoms with Crippen LogP contribution in [0.25, 0.3) is 0 Å². The zero-order chi connectivity index (χ0) is 22.5. The molecule has 3 N–H and O–H groups in total. The van der Waals surface area contributed by atoms with E-state index in [0.717, 1.165) is 11.1 Å². The average Bonchev–Trinajstić information content (AvgIpc) is 2.77. The van der Waals surface area contributed by atoms with Crippen molar-refractivity contribution in [1.82, 2.24) is 10.6 Å². The Hall–Kier alpha value is -3.39. The number of alkyl carbamates (subject to hydrolysis) is 1. The van der Waals surface area contributed by atoms with Gasteiger partial charge in [0, 0.05) is 20.0 Å². The maximum atomic E-state index is 12.9. The Kier molecular flexibility index (Phi) is 10.0. The van der Waals surface area contributed by atoms with Crippen molar-refractivity contribution in [2.45, 2.75) is 38.0 Å². The number of carboxylic acids is 1. The monoisotopic (exact) mass is 428 g/mol. The number of carboxylic acid groups (broad SMARTS) is 1. The molecule has 0 radical (unpaired) electrons. The number of nitrogens with one attached hydrogen (secondary N) is 2. The van der Waals surface area contributed by atoms with Crippen molar-refractivity contribution in [2.24, 2.45) is 0 Å². The van der Waals surface area contributed by atoms with Crippen molar-refractivity contribution < 1.29 is 29.0 Å². The van der Waals surface area contributed by atoms with E-state index in [1.54, 1.807) is 0 Å². The van der Waals surface area contributed by atoms with Gasteiger partial charge in [-0.2, -0.15) is 0 Å². The standard InChI is InChI=1S/C23H28N2O6/c1-30-16-19(12-13-21(26)27)24-22(28)20(14-17-8-4-2-5-9-17)25-23(29)31-15-18-10-6-3-7-11-18/h2-11,19-20H,12-16H2,1H3,(H,24,28)(H,25,29)(H,26,27). The third kappa shape index (κ3) is 9.31. The lowest BCUT2D eigenvalue weighted by atomic mass is 10.0. The minimum absolute atomic E-state index is 0.0806. The zero-order valence-electron chi connectivity index (χ0n) is 17.5. The normalized spacial score (nSPS) is 12.4. The molecule has 31 heavy (non-hydrogen) atoms. The van der Waals surface area contributed by atoms with Crippen molar-refractivity contribution >= 4 is 18.0 Å². The van der Waals surface area contributed by atoms with Crippen molar-refractivity contribution in [2.75, 3.05) is 13.7 Å². The molecule has 8 heteroatoms. The molecule has 0 saturated carbocycles. The van der Waals surface area contributed by atoms with Crippen LogP contribution in [0.4, 0.5) is 4.79 Å². The summed E-state index contributed by atoms with van der Waals surface area (Å²) in [6.45, 7) is 0.243. The van der Waals surface area contributed by atoms with Crippen molar-refractivity contribution in [3.05, 3.63) is 71.8 Å². The molecule has 2 atom stereocenters. The minimum Gasteiger partial charge on any atom is -0.481 e. The van der Waals surface area contributed by atoms with Crippen LogP contribution in [0.5, 0.6) is 0 Å². The molecule has 0 fully saturated rings. The summed E-state index contributed by atoms with van der Waals surface area (Å²) in [5.74, 6) is -1.40. The molecule has 0 bridgehead atoms. The highest BCUT2D eigenvalue weighted by Gasteiger charge is 2.24. The summed E-state index contributed by atoms with van der Waals surface area (Å²) in [7, 11) is 1.47. The Morgan fingerprint density at radius 3 is 2.13 bits per heavy atom. The molecular weight excluding hydrogens is 400 g/mol. The van der Waals surface area contributed by atoms with Gasteiger partial charge < -0.3 is 25.2 Å². The summed E-state index contributed by atoms with van der Waals surface area (Å²) in [4.78, 5) is 36.1. The second-order valence-corrected chi connectivity index (χ2v) is 7.04. The fourth-order valence-electron chi connectivity index (χ4n) is 2.96. The van der Waals surface area contributed by atoms with Crippen LogP contribution < -0.4 is 10.6 Å². The van der Waals surface area contributed by atoms with Crippen molar-refractivity contribution in [3.8, 4) is 0 Å². The predicted molar refractivity (Wildman–Crippen MR) is 114 cm³/mol. The number of carbonyl (C=O) groups excluding carboxylic acids is 2. The number of benzene rings is 2. The van der Waals surface area contributed by atoms with Gasteiger partial charge in [0.1, 0.15) is 12.6 Å². The summed E-state index contributed by atoms with van der Waals surface area (Å²) < 4.78 is 10.3. The molecule has 8 nitrogen and oxygen atoms in total.